The maximum Gasteiger partial charge on any atom is 0.423 e. The smallest absolute Gasteiger partial charge is 0.423 e. The van der Waals surface area contributed by atoms with E-state index in [1.165, 1.54) is 32.0 Å². The highest BCUT2D eigenvalue weighted by Crippen LogP contribution is 2.40. The zero-order valence-electron chi connectivity index (χ0n) is 9.75. The van der Waals surface area contributed by atoms with Crippen LogP contribution in [-0.4, -0.2) is 17.3 Å². The van der Waals surface area contributed by atoms with Crippen LogP contribution in [0.5, 0.6) is 0 Å². The molecule has 1 atom stereocenters. The number of carboxylic acid groups (broad SMARTS) is 1. The van der Waals surface area contributed by atoms with Crippen LogP contribution in [0.3, 0.4) is 0 Å². The Morgan fingerprint density at radius 3 is 2.17 bits per heavy atom. The number of aliphatic carboxylic acids is 1. The lowest BCUT2D eigenvalue weighted by molar-refractivity contribution is -0.183. The number of carboxylic acids is 1. The van der Waals surface area contributed by atoms with Gasteiger partial charge in [-0.3, -0.25) is 4.79 Å². The van der Waals surface area contributed by atoms with Crippen LogP contribution in [0.15, 0.2) is 24.3 Å². The molecule has 0 amide bonds. The third-order valence-corrected chi connectivity index (χ3v) is 2.73. The fourth-order valence-electron chi connectivity index (χ4n) is 1.58. The minimum atomic E-state index is -5.05. The third kappa shape index (κ3) is 2.63. The van der Waals surface area contributed by atoms with Gasteiger partial charge in [0.15, 0.2) is 0 Å². The Kier molecular flexibility index (Phi) is 3.69. The van der Waals surface area contributed by atoms with Gasteiger partial charge >= 0.3 is 12.1 Å². The zero-order chi connectivity index (χ0) is 14.1. The van der Waals surface area contributed by atoms with Crippen molar-refractivity contribution in [2.24, 2.45) is 0 Å². The first-order valence-electron chi connectivity index (χ1n) is 5.12. The summed E-state index contributed by atoms with van der Waals surface area (Å²) in [5, 5.41) is 9.00. The lowest BCUT2D eigenvalue weighted by atomic mass is 9.80. The van der Waals surface area contributed by atoms with E-state index < -0.39 is 29.3 Å². The molecular weight excluding hydrogens is 252 g/mol. The molecule has 0 fully saturated rings. The van der Waals surface area contributed by atoms with Gasteiger partial charge in [0.25, 0.3) is 0 Å². The molecule has 0 saturated heterocycles. The van der Waals surface area contributed by atoms with Crippen molar-refractivity contribution in [2.75, 3.05) is 0 Å². The van der Waals surface area contributed by atoms with Crippen LogP contribution in [0.1, 0.15) is 31.1 Å². The monoisotopic (exact) mass is 264 g/mol. The second-order valence-electron chi connectivity index (χ2n) is 4.42. The van der Waals surface area contributed by atoms with Crippen LogP contribution in [-0.2, 0) is 10.2 Å². The van der Waals surface area contributed by atoms with Crippen molar-refractivity contribution in [3.05, 3.63) is 35.4 Å². The molecule has 0 aromatic heterocycles. The molecule has 100 valence electrons. The van der Waals surface area contributed by atoms with Gasteiger partial charge in [0.1, 0.15) is 0 Å². The van der Waals surface area contributed by atoms with E-state index in [4.69, 9.17) is 5.11 Å². The fourth-order valence-corrected chi connectivity index (χ4v) is 1.58. The quantitative estimate of drug-likeness (QED) is 0.846. The first-order valence-corrected chi connectivity index (χ1v) is 5.12. The van der Waals surface area contributed by atoms with E-state index in [0.29, 0.717) is 0 Å². The first kappa shape index (κ1) is 14.5. The molecule has 0 spiro atoms. The number of halogens is 4. The molecule has 1 unspecified atom stereocenters. The largest absolute Gasteiger partial charge is 0.481 e. The van der Waals surface area contributed by atoms with Gasteiger partial charge in [0, 0.05) is 0 Å². The summed E-state index contributed by atoms with van der Waals surface area (Å²) in [6.45, 7) is 2.47. The predicted octanol–water partition coefficient (Wildman–Crippen LogP) is 3.62. The topological polar surface area (TPSA) is 37.3 Å². The Bertz CT molecular complexity index is 452. The lowest BCUT2D eigenvalue weighted by Crippen LogP contribution is -2.31. The molecule has 1 aromatic carbocycles. The molecule has 18 heavy (non-hydrogen) atoms. The summed E-state index contributed by atoms with van der Waals surface area (Å²) in [6.07, 6.45) is -8.24. The molecule has 0 aliphatic rings. The Hall–Kier alpha value is -1.59. The normalized spacial score (nSPS) is 14.3. The van der Waals surface area contributed by atoms with E-state index in [9.17, 15) is 22.4 Å². The minimum absolute atomic E-state index is 0.178. The standard InChI is InChI=1S/C12H12F4O2/c1-11(2,10(17)18)8-6-4-3-5-7(8)9(13)12(14,15)16/h3-6,9H,1-2H3,(H,17,18). The molecule has 0 bridgehead atoms. The van der Waals surface area contributed by atoms with Crippen LogP contribution < -0.4 is 0 Å². The highest BCUT2D eigenvalue weighted by Gasteiger charge is 2.44. The highest BCUT2D eigenvalue weighted by molar-refractivity contribution is 5.80. The van der Waals surface area contributed by atoms with E-state index in [1.807, 2.05) is 0 Å². The molecule has 6 heteroatoms. The summed E-state index contributed by atoms with van der Waals surface area (Å²) in [4.78, 5) is 11.0. The van der Waals surface area contributed by atoms with Crippen LogP contribution in [0, 0.1) is 0 Å². The van der Waals surface area contributed by atoms with Crippen molar-refractivity contribution >= 4 is 5.97 Å². The van der Waals surface area contributed by atoms with E-state index >= 15 is 0 Å². The van der Waals surface area contributed by atoms with Gasteiger partial charge in [0.05, 0.1) is 5.41 Å². The maximum atomic E-state index is 13.4. The van der Waals surface area contributed by atoms with Crippen molar-refractivity contribution in [2.45, 2.75) is 31.6 Å². The maximum absolute atomic E-state index is 13.4. The number of benzene rings is 1. The molecule has 0 heterocycles. The van der Waals surface area contributed by atoms with Gasteiger partial charge in [-0.15, -0.1) is 0 Å². The summed E-state index contributed by atoms with van der Waals surface area (Å²) in [5.74, 6) is -1.32. The summed E-state index contributed by atoms with van der Waals surface area (Å²) in [7, 11) is 0. The number of carbonyl (C=O) groups is 1. The summed E-state index contributed by atoms with van der Waals surface area (Å²) in [6, 6.07) is 4.78. The van der Waals surface area contributed by atoms with Crippen LogP contribution in [0.2, 0.25) is 0 Å². The van der Waals surface area contributed by atoms with Gasteiger partial charge in [0.2, 0.25) is 6.17 Å². The summed E-state index contributed by atoms with van der Waals surface area (Å²) < 4.78 is 50.5. The lowest BCUT2D eigenvalue weighted by Gasteiger charge is -2.25. The molecule has 0 saturated carbocycles. The number of alkyl halides is 4. The fraction of sp³-hybridized carbons (Fsp3) is 0.417. The second kappa shape index (κ2) is 4.59. The van der Waals surface area contributed by atoms with Gasteiger partial charge in [-0.25, -0.2) is 4.39 Å². The molecule has 1 rings (SSSR count). The number of hydrogen-bond donors (Lipinski definition) is 1. The Morgan fingerprint density at radius 1 is 1.22 bits per heavy atom. The predicted molar refractivity (Wildman–Crippen MR) is 57.0 cm³/mol. The SMILES string of the molecule is CC(C)(C(=O)O)c1ccccc1C(F)C(F)(F)F. The Labute approximate surface area is 101 Å². The molecule has 0 aliphatic carbocycles. The second-order valence-corrected chi connectivity index (χ2v) is 4.42. The van der Waals surface area contributed by atoms with E-state index in [0.717, 1.165) is 6.07 Å². The van der Waals surface area contributed by atoms with Crippen LogP contribution in [0.25, 0.3) is 0 Å². The highest BCUT2D eigenvalue weighted by atomic mass is 19.4. The number of hydrogen-bond acceptors (Lipinski definition) is 1. The minimum Gasteiger partial charge on any atom is -0.481 e. The third-order valence-electron chi connectivity index (χ3n) is 2.73. The van der Waals surface area contributed by atoms with Gasteiger partial charge < -0.3 is 5.11 Å². The van der Waals surface area contributed by atoms with E-state index in [-0.39, 0.29) is 5.56 Å². The molecule has 0 aliphatic heterocycles. The van der Waals surface area contributed by atoms with Crippen molar-refractivity contribution < 1.29 is 27.5 Å². The molecule has 1 N–H and O–H groups in total. The average molecular weight is 264 g/mol. The average Bonchev–Trinajstić information content (AvgIpc) is 2.26. The van der Waals surface area contributed by atoms with Crippen molar-refractivity contribution in [1.29, 1.82) is 0 Å². The van der Waals surface area contributed by atoms with Crippen molar-refractivity contribution in [3.63, 3.8) is 0 Å². The van der Waals surface area contributed by atoms with Crippen molar-refractivity contribution in [3.8, 4) is 0 Å². The van der Waals surface area contributed by atoms with Gasteiger partial charge in [-0.05, 0) is 25.0 Å². The molecule has 2 nitrogen and oxygen atoms in total. The summed E-state index contributed by atoms with van der Waals surface area (Å²) in [5.41, 5.74) is -2.42. The van der Waals surface area contributed by atoms with E-state index in [2.05, 4.69) is 0 Å². The molecular formula is C12H12F4O2. The summed E-state index contributed by atoms with van der Waals surface area (Å²) >= 11 is 0. The van der Waals surface area contributed by atoms with E-state index in [1.54, 1.807) is 0 Å². The van der Waals surface area contributed by atoms with Gasteiger partial charge in [-0.1, -0.05) is 24.3 Å². The van der Waals surface area contributed by atoms with Crippen LogP contribution >= 0.6 is 0 Å². The van der Waals surface area contributed by atoms with Crippen molar-refractivity contribution in [1.82, 2.24) is 0 Å². The first-order chi connectivity index (χ1) is 8.08. The zero-order valence-corrected chi connectivity index (χ0v) is 9.75. The molecule has 0 radical (unpaired) electrons. The molecule has 1 aromatic rings. The Balaban J connectivity index is 3.36. The van der Waals surface area contributed by atoms with Crippen LogP contribution in [0.4, 0.5) is 17.6 Å². The van der Waals surface area contributed by atoms with Gasteiger partial charge in [-0.2, -0.15) is 13.2 Å². The number of rotatable bonds is 3. The Morgan fingerprint density at radius 2 is 1.72 bits per heavy atom.